The minimum absolute atomic E-state index is 0.0550. The molecule has 4 rings (SSSR count). The second-order valence-electron chi connectivity index (χ2n) is 7.06. The fraction of sp³-hybridized carbons (Fsp3) is 0.167. The number of amides is 1. The molecule has 4 nitrogen and oxygen atoms in total. The van der Waals surface area contributed by atoms with Gasteiger partial charge in [0.25, 0.3) is 0 Å². The van der Waals surface area contributed by atoms with Crippen molar-refractivity contribution in [1.29, 1.82) is 0 Å². The average molecular weight is 424 g/mol. The van der Waals surface area contributed by atoms with E-state index in [0.29, 0.717) is 11.1 Å². The lowest BCUT2D eigenvalue weighted by molar-refractivity contribution is -0.0622. The Bertz CT molecular complexity index is 1050. The number of carbonyl (C=O) groups is 1. The molecule has 2 unspecified atom stereocenters. The summed E-state index contributed by atoms with van der Waals surface area (Å²) in [6, 6.07) is 24.1. The predicted molar refractivity (Wildman–Crippen MR) is 110 cm³/mol. The predicted octanol–water partition coefficient (Wildman–Crippen LogP) is 6.08. The van der Waals surface area contributed by atoms with Crippen molar-refractivity contribution in [2.24, 2.45) is 4.99 Å². The molecule has 1 heterocycles. The van der Waals surface area contributed by atoms with Crippen molar-refractivity contribution < 1.29 is 22.7 Å². The summed E-state index contributed by atoms with van der Waals surface area (Å²) in [5, 5.41) is 0. The van der Waals surface area contributed by atoms with Gasteiger partial charge in [0.15, 0.2) is 6.17 Å². The van der Waals surface area contributed by atoms with Gasteiger partial charge in [-0.2, -0.15) is 13.2 Å². The van der Waals surface area contributed by atoms with Gasteiger partial charge in [0.2, 0.25) is 0 Å². The van der Waals surface area contributed by atoms with Crippen LogP contribution in [0.3, 0.4) is 0 Å². The summed E-state index contributed by atoms with van der Waals surface area (Å²) < 4.78 is 47.3. The van der Waals surface area contributed by atoms with Gasteiger partial charge in [0.05, 0.1) is 0 Å². The van der Waals surface area contributed by atoms with E-state index in [9.17, 15) is 18.0 Å². The number of alkyl halides is 3. The lowest BCUT2D eigenvalue weighted by Crippen LogP contribution is -2.39. The molecule has 31 heavy (non-hydrogen) atoms. The lowest BCUT2D eigenvalue weighted by atomic mass is 10.0. The number of ether oxygens (including phenoxy) is 1. The Morgan fingerprint density at radius 2 is 1.35 bits per heavy atom. The quantitative estimate of drug-likeness (QED) is 0.509. The van der Waals surface area contributed by atoms with Crippen LogP contribution in [0.15, 0.2) is 96.0 Å². The van der Waals surface area contributed by atoms with Crippen molar-refractivity contribution in [3.63, 3.8) is 0 Å². The molecule has 1 aliphatic rings. The van der Waals surface area contributed by atoms with Gasteiger partial charge >= 0.3 is 12.3 Å². The van der Waals surface area contributed by atoms with E-state index >= 15 is 0 Å². The second-order valence-corrected chi connectivity index (χ2v) is 7.06. The summed E-state index contributed by atoms with van der Waals surface area (Å²) in [4.78, 5) is 18.1. The zero-order valence-corrected chi connectivity index (χ0v) is 16.4. The highest BCUT2D eigenvalue weighted by molar-refractivity contribution is 5.99. The minimum Gasteiger partial charge on any atom is -0.444 e. The number of halogens is 3. The third kappa shape index (κ3) is 4.45. The van der Waals surface area contributed by atoms with Gasteiger partial charge < -0.3 is 4.74 Å². The highest BCUT2D eigenvalue weighted by Crippen LogP contribution is 2.44. The molecule has 0 fully saturated rings. The van der Waals surface area contributed by atoms with Crippen LogP contribution in [0.2, 0.25) is 0 Å². The average Bonchev–Trinajstić information content (AvgIpc) is 3.21. The van der Waals surface area contributed by atoms with Crippen LogP contribution >= 0.6 is 0 Å². The summed E-state index contributed by atoms with van der Waals surface area (Å²) in [7, 11) is 0. The molecule has 0 saturated carbocycles. The van der Waals surface area contributed by atoms with Crippen LogP contribution in [0.25, 0.3) is 0 Å². The summed E-state index contributed by atoms with van der Waals surface area (Å²) in [5.41, 5.74) is 0.497. The summed E-state index contributed by atoms with van der Waals surface area (Å²) >= 11 is 0. The third-order valence-electron chi connectivity index (χ3n) is 4.98. The highest BCUT2D eigenvalue weighted by Gasteiger charge is 2.52. The molecule has 0 radical (unpaired) electrons. The Morgan fingerprint density at radius 3 is 1.90 bits per heavy atom. The summed E-state index contributed by atoms with van der Waals surface area (Å²) in [6.07, 6.45) is -6.72. The van der Waals surface area contributed by atoms with Crippen molar-refractivity contribution in [1.82, 2.24) is 4.90 Å². The maximum absolute atomic E-state index is 14.0. The van der Waals surface area contributed by atoms with Crippen molar-refractivity contribution in [3.8, 4) is 0 Å². The van der Waals surface area contributed by atoms with Crippen molar-refractivity contribution in [2.75, 3.05) is 0 Å². The Hall–Kier alpha value is -3.61. The van der Waals surface area contributed by atoms with E-state index < -0.39 is 30.2 Å². The Balaban J connectivity index is 1.73. The first kappa shape index (κ1) is 20.7. The van der Waals surface area contributed by atoms with Crippen LogP contribution in [-0.2, 0) is 11.3 Å². The van der Waals surface area contributed by atoms with Crippen LogP contribution in [0.4, 0.5) is 18.0 Å². The molecule has 158 valence electrons. The van der Waals surface area contributed by atoms with E-state index in [2.05, 4.69) is 4.99 Å². The lowest BCUT2D eigenvalue weighted by Gasteiger charge is -2.30. The molecule has 2 atom stereocenters. The first-order chi connectivity index (χ1) is 14.9. The highest BCUT2D eigenvalue weighted by atomic mass is 19.4. The molecule has 0 aliphatic carbocycles. The first-order valence-electron chi connectivity index (χ1n) is 9.69. The van der Waals surface area contributed by atoms with Crippen LogP contribution in [0, 0.1) is 0 Å². The molecule has 1 aliphatic heterocycles. The molecule has 1 amide bonds. The Kier molecular flexibility index (Phi) is 5.75. The molecular weight excluding hydrogens is 405 g/mol. The number of carbonyl (C=O) groups excluding carboxylic acids is 1. The summed E-state index contributed by atoms with van der Waals surface area (Å²) in [6.45, 7) is -0.0550. The van der Waals surface area contributed by atoms with Gasteiger partial charge in [0.1, 0.15) is 18.4 Å². The van der Waals surface area contributed by atoms with Crippen LogP contribution in [0.1, 0.15) is 28.9 Å². The van der Waals surface area contributed by atoms with Crippen molar-refractivity contribution in [3.05, 3.63) is 108 Å². The molecule has 3 aromatic rings. The SMILES string of the molecule is O=C(OCc1ccccc1)N1C(c2ccccc2)N=C(C(F)(F)F)C1c1ccccc1. The van der Waals surface area contributed by atoms with Gasteiger partial charge in [-0.25, -0.2) is 4.79 Å². The Morgan fingerprint density at radius 1 is 0.839 bits per heavy atom. The zero-order chi connectivity index (χ0) is 21.8. The number of rotatable bonds is 4. The van der Waals surface area contributed by atoms with E-state index in [1.165, 1.54) is 0 Å². The first-order valence-corrected chi connectivity index (χ1v) is 9.69. The normalized spacial score (nSPS) is 18.5. The minimum atomic E-state index is -4.71. The standard InChI is InChI=1S/C24H19F3N2O2/c25-24(26,27)21-20(18-12-6-2-7-13-18)29(22(28-21)19-14-8-3-9-15-19)23(30)31-16-17-10-4-1-5-11-17/h1-15,20,22H,16H2. The van der Waals surface area contributed by atoms with Crippen molar-refractivity contribution >= 4 is 11.8 Å². The third-order valence-corrected chi connectivity index (χ3v) is 4.98. The van der Waals surface area contributed by atoms with E-state index in [4.69, 9.17) is 4.74 Å². The molecular formula is C24H19F3N2O2. The van der Waals surface area contributed by atoms with E-state index in [1.54, 1.807) is 84.9 Å². The molecule has 0 N–H and O–H groups in total. The summed E-state index contributed by atoms with van der Waals surface area (Å²) in [5.74, 6) is 0. The maximum atomic E-state index is 14.0. The second kappa shape index (κ2) is 8.63. The molecule has 0 spiro atoms. The van der Waals surface area contributed by atoms with Crippen LogP contribution in [-0.4, -0.2) is 22.9 Å². The number of nitrogens with zero attached hydrogens (tertiary/aromatic N) is 2. The molecule has 7 heteroatoms. The van der Waals surface area contributed by atoms with Gasteiger partial charge in [-0.1, -0.05) is 91.0 Å². The fourth-order valence-corrected chi connectivity index (χ4v) is 3.58. The van der Waals surface area contributed by atoms with Crippen LogP contribution in [0.5, 0.6) is 0 Å². The van der Waals surface area contributed by atoms with E-state index in [-0.39, 0.29) is 6.61 Å². The molecule has 0 aromatic heterocycles. The number of hydrogen-bond acceptors (Lipinski definition) is 3. The smallest absolute Gasteiger partial charge is 0.431 e. The van der Waals surface area contributed by atoms with Gasteiger partial charge in [-0.3, -0.25) is 9.89 Å². The zero-order valence-electron chi connectivity index (χ0n) is 16.4. The largest absolute Gasteiger partial charge is 0.444 e. The van der Waals surface area contributed by atoms with Gasteiger partial charge in [-0.15, -0.1) is 0 Å². The van der Waals surface area contributed by atoms with Gasteiger partial charge in [-0.05, 0) is 16.7 Å². The molecule has 0 saturated heterocycles. The van der Waals surface area contributed by atoms with Gasteiger partial charge in [0, 0.05) is 0 Å². The number of hydrogen-bond donors (Lipinski definition) is 0. The topological polar surface area (TPSA) is 41.9 Å². The monoisotopic (exact) mass is 424 g/mol. The van der Waals surface area contributed by atoms with Crippen molar-refractivity contribution in [2.45, 2.75) is 25.0 Å². The van der Waals surface area contributed by atoms with E-state index in [0.717, 1.165) is 10.5 Å². The van der Waals surface area contributed by atoms with Crippen LogP contribution < -0.4 is 0 Å². The number of aliphatic imine (C=N–C) groups is 1. The maximum Gasteiger partial charge on any atom is 0.431 e. The van der Waals surface area contributed by atoms with E-state index in [1.807, 2.05) is 6.07 Å². The molecule has 3 aromatic carbocycles. The molecule has 0 bridgehead atoms. The number of benzene rings is 3. The Labute approximate surface area is 177 Å². The fourth-order valence-electron chi connectivity index (χ4n) is 3.58.